The molecule has 0 aromatic carbocycles. The first-order chi connectivity index (χ1) is 6.52. The Labute approximate surface area is 87.5 Å². The van der Waals surface area contributed by atoms with Crippen LogP contribution in [0.5, 0.6) is 0 Å². The molecule has 0 saturated heterocycles. The van der Waals surface area contributed by atoms with Crippen LogP contribution in [0.15, 0.2) is 5.51 Å². The van der Waals surface area contributed by atoms with Crippen molar-refractivity contribution < 1.29 is 4.79 Å². The van der Waals surface area contributed by atoms with E-state index >= 15 is 0 Å². The Bertz CT molecular complexity index is 322. The first-order valence-corrected chi connectivity index (χ1v) is 5.37. The Kier molecular flexibility index (Phi) is 3.60. The summed E-state index contributed by atoms with van der Waals surface area (Å²) < 4.78 is 0. The number of rotatable bonds is 3. The molecule has 1 heterocycles. The zero-order valence-electron chi connectivity index (χ0n) is 8.57. The average molecular weight is 213 g/mol. The van der Waals surface area contributed by atoms with E-state index in [0.717, 1.165) is 5.69 Å². The molecule has 0 bridgehead atoms. The van der Waals surface area contributed by atoms with Crippen LogP contribution in [0, 0.1) is 6.92 Å². The molecule has 5 heteroatoms. The molecule has 1 aromatic heterocycles. The van der Waals surface area contributed by atoms with E-state index in [1.54, 1.807) is 5.51 Å². The number of hydrogen-bond acceptors (Lipinski definition) is 4. The van der Waals surface area contributed by atoms with Crippen molar-refractivity contribution in [3.05, 3.63) is 16.1 Å². The van der Waals surface area contributed by atoms with E-state index in [-0.39, 0.29) is 18.0 Å². The SMILES string of the molecule is Cc1ncsc1C(=O)NC(C)C(C)N. The highest BCUT2D eigenvalue weighted by Crippen LogP contribution is 2.11. The van der Waals surface area contributed by atoms with E-state index in [4.69, 9.17) is 5.73 Å². The van der Waals surface area contributed by atoms with Crippen molar-refractivity contribution in [1.82, 2.24) is 10.3 Å². The van der Waals surface area contributed by atoms with Gasteiger partial charge >= 0.3 is 0 Å². The van der Waals surface area contributed by atoms with Gasteiger partial charge in [-0.1, -0.05) is 0 Å². The molecule has 1 rings (SSSR count). The molecule has 1 aromatic rings. The quantitative estimate of drug-likeness (QED) is 0.784. The fraction of sp³-hybridized carbons (Fsp3) is 0.556. The number of carbonyl (C=O) groups excluding carboxylic acids is 1. The van der Waals surface area contributed by atoms with Crippen molar-refractivity contribution in [3.8, 4) is 0 Å². The molecular formula is C9H15N3OS. The van der Waals surface area contributed by atoms with E-state index in [0.29, 0.717) is 4.88 Å². The lowest BCUT2D eigenvalue weighted by molar-refractivity contribution is 0.0939. The van der Waals surface area contributed by atoms with Gasteiger partial charge in [0.1, 0.15) is 4.88 Å². The number of nitrogens with one attached hydrogen (secondary N) is 1. The molecule has 0 fully saturated rings. The normalized spacial score (nSPS) is 14.9. The first kappa shape index (κ1) is 11.1. The van der Waals surface area contributed by atoms with Crippen LogP contribution in [0.3, 0.4) is 0 Å². The molecule has 0 aliphatic heterocycles. The molecule has 0 radical (unpaired) electrons. The van der Waals surface area contributed by atoms with Gasteiger partial charge in [-0.05, 0) is 20.8 Å². The van der Waals surface area contributed by atoms with Gasteiger partial charge in [-0.2, -0.15) is 0 Å². The minimum Gasteiger partial charge on any atom is -0.347 e. The minimum atomic E-state index is -0.0881. The largest absolute Gasteiger partial charge is 0.347 e. The highest BCUT2D eigenvalue weighted by Gasteiger charge is 2.15. The molecule has 2 unspecified atom stereocenters. The molecule has 1 amide bonds. The van der Waals surface area contributed by atoms with Gasteiger partial charge in [-0.3, -0.25) is 4.79 Å². The molecule has 3 N–H and O–H groups in total. The summed E-state index contributed by atoms with van der Waals surface area (Å²) in [5.41, 5.74) is 8.08. The van der Waals surface area contributed by atoms with Gasteiger partial charge in [0, 0.05) is 12.1 Å². The molecule has 14 heavy (non-hydrogen) atoms. The molecule has 78 valence electrons. The fourth-order valence-electron chi connectivity index (χ4n) is 0.924. The second kappa shape index (κ2) is 4.52. The monoisotopic (exact) mass is 213 g/mol. The number of nitrogens with zero attached hydrogens (tertiary/aromatic N) is 1. The Morgan fingerprint density at radius 3 is 2.71 bits per heavy atom. The number of thiazole rings is 1. The van der Waals surface area contributed by atoms with Gasteiger partial charge in [0.15, 0.2) is 0 Å². The molecule has 0 aliphatic rings. The molecular weight excluding hydrogens is 198 g/mol. The second-order valence-corrected chi connectivity index (χ2v) is 4.24. The lowest BCUT2D eigenvalue weighted by Gasteiger charge is -2.16. The maximum Gasteiger partial charge on any atom is 0.263 e. The van der Waals surface area contributed by atoms with Gasteiger partial charge in [0.2, 0.25) is 0 Å². The predicted octanol–water partition coefficient (Wildman–Crippen LogP) is 0.917. The van der Waals surface area contributed by atoms with Crippen molar-refractivity contribution >= 4 is 17.2 Å². The molecule has 0 saturated carbocycles. The molecule has 0 aliphatic carbocycles. The van der Waals surface area contributed by atoms with Gasteiger partial charge in [0.25, 0.3) is 5.91 Å². The Hall–Kier alpha value is -0.940. The summed E-state index contributed by atoms with van der Waals surface area (Å²) in [5, 5.41) is 2.83. The van der Waals surface area contributed by atoms with Crippen LogP contribution in [0.1, 0.15) is 29.2 Å². The lowest BCUT2D eigenvalue weighted by atomic mass is 10.2. The summed E-state index contributed by atoms with van der Waals surface area (Å²) in [4.78, 5) is 16.3. The van der Waals surface area contributed by atoms with Crippen LogP contribution in [-0.4, -0.2) is 23.0 Å². The number of aromatic nitrogens is 1. The van der Waals surface area contributed by atoms with E-state index in [9.17, 15) is 4.79 Å². The maximum absolute atomic E-state index is 11.6. The lowest BCUT2D eigenvalue weighted by Crippen LogP contribution is -2.43. The number of nitrogens with two attached hydrogens (primary N) is 1. The topological polar surface area (TPSA) is 68.0 Å². The molecule has 2 atom stereocenters. The summed E-state index contributed by atoms with van der Waals surface area (Å²) in [6.45, 7) is 5.57. The summed E-state index contributed by atoms with van der Waals surface area (Å²) >= 11 is 1.35. The van der Waals surface area contributed by atoms with E-state index in [1.165, 1.54) is 11.3 Å². The second-order valence-electron chi connectivity index (χ2n) is 3.39. The van der Waals surface area contributed by atoms with Crippen molar-refractivity contribution in [1.29, 1.82) is 0 Å². The smallest absolute Gasteiger partial charge is 0.263 e. The predicted molar refractivity (Wildman–Crippen MR) is 57.4 cm³/mol. The van der Waals surface area contributed by atoms with Gasteiger partial charge in [-0.15, -0.1) is 11.3 Å². The number of carbonyl (C=O) groups is 1. The van der Waals surface area contributed by atoms with Crippen LogP contribution < -0.4 is 11.1 Å². The number of aryl methyl sites for hydroxylation is 1. The van der Waals surface area contributed by atoms with Crippen molar-refractivity contribution in [2.75, 3.05) is 0 Å². The van der Waals surface area contributed by atoms with E-state index in [1.807, 2.05) is 20.8 Å². The third-order valence-corrected chi connectivity index (χ3v) is 3.03. The van der Waals surface area contributed by atoms with Crippen molar-refractivity contribution in [2.45, 2.75) is 32.9 Å². The Morgan fingerprint density at radius 2 is 2.29 bits per heavy atom. The highest BCUT2D eigenvalue weighted by atomic mass is 32.1. The number of amides is 1. The fourth-order valence-corrected chi connectivity index (χ4v) is 1.63. The van der Waals surface area contributed by atoms with Crippen LogP contribution >= 0.6 is 11.3 Å². The Morgan fingerprint density at radius 1 is 1.64 bits per heavy atom. The van der Waals surface area contributed by atoms with Crippen LogP contribution in [0.2, 0.25) is 0 Å². The van der Waals surface area contributed by atoms with Gasteiger partial charge in [0.05, 0.1) is 11.2 Å². The van der Waals surface area contributed by atoms with Crippen LogP contribution in [0.4, 0.5) is 0 Å². The summed E-state index contributed by atoms with van der Waals surface area (Å²) in [6.07, 6.45) is 0. The third kappa shape index (κ3) is 2.52. The first-order valence-electron chi connectivity index (χ1n) is 4.49. The third-order valence-electron chi connectivity index (χ3n) is 2.10. The van der Waals surface area contributed by atoms with E-state index in [2.05, 4.69) is 10.3 Å². The average Bonchev–Trinajstić information content (AvgIpc) is 2.51. The van der Waals surface area contributed by atoms with E-state index < -0.39 is 0 Å². The summed E-state index contributed by atoms with van der Waals surface area (Å²) in [6, 6.07) is -0.0730. The molecule has 4 nitrogen and oxygen atoms in total. The number of hydrogen-bond donors (Lipinski definition) is 2. The summed E-state index contributed by atoms with van der Waals surface area (Å²) in [7, 11) is 0. The van der Waals surface area contributed by atoms with Gasteiger partial charge < -0.3 is 11.1 Å². The van der Waals surface area contributed by atoms with Crippen LogP contribution in [0.25, 0.3) is 0 Å². The van der Waals surface area contributed by atoms with Crippen molar-refractivity contribution in [3.63, 3.8) is 0 Å². The summed E-state index contributed by atoms with van der Waals surface area (Å²) in [5.74, 6) is -0.0881. The zero-order chi connectivity index (χ0) is 10.7. The Balaban J connectivity index is 2.64. The standard InChI is InChI=1S/C9H15N3OS/c1-5(10)6(2)12-9(13)8-7(3)11-4-14-8/h4-6H,10H2,1-3H3,(H,12,13). The highest BCUT2D eigenvalue weighted by molar-refractivity contribution is 7.11. The van der Waals surface area contributed by atoms with Crippen LogP contribution in [-0.2, 0) is 0 Å². The zero-order valence-corrected chi connectivity index (χ0v) is 9.39. The minimum absolute atomic E-state index is 0.0241. The maximum atomic E-state index is 11.6. The molecule has 0 spiro atoms. The van der Waals surface area contributed by atoms with Crippen molar-refractivity contribution in [2.24, 2.45) is 5.73 Å². The van der Waals surface area contributed by atoms with Gasteiger partial charge in [-0.25, -0.2) is 4.98 Å².